The minimum Gasteiger partial charge on any atom is -0.452 e. The van der Waals surface area contributed by atoms with Gasteiger partial charge in [0.05, 0.1) is 0 Å². The predicted octanol–water partition coefficient (Wildman–Crippen LogP) is 3.13. The Kier molecular flexibility index (Phi) is 4.52. The van der Waals surface area contributed by atoms with Crippen LogP contribution in [0.15, 0.2) is 62.6 Å². The lowest BCUT2D eigenvalue weighted by Crippen LogP contribution is -2.17. The van der Waals surface area contributed by atoms with E-state index < -0.39 is 17.3 Å². The molecule has 0 aliphatic heterocycles. The van der Waals surface area contributed by atoms with E-state index in [1.165, 1.54) is 6.07 Å². The maximum Gasteiger partial charge on any atom is 0.337 e. The van der Waals surface area contributed by atoms with Crippen molar-refractivity contribution in [3.05, 3.63) is 80.5 Å². The van der Waals surface area contributed by atoms with Gasteiger partial charge in [-0.05, 0) is 30.0 Å². The molecule has 1 atom stereocenters. The number of nitrogens with zero attached hydrogens (tertiary/aromatic N) is 1. The van der Waals surface area contributed by atoms with Gasteiger partial charge in [0, 0.05) is 6.07 Å². The Morgan fingerprint density at radius 2 is 2.04 bits per heavy atom. The van der Waals surface area contributed by atoms with Crippen molar-refractivity contribution >= 4 is 11.1 Å². The Balaban J connectivity index is 2.08. The summed E-state index contributed by atoms with van der Waals surface area (Å²) >= 11 is 0. The molecular formula is C19H18N2O4. The maximum absolute atomic E-state index is 12.4. The van der Waals surface area contributed by atoms with Crippen LogP contribution in [0.3, 0.4) is 0 Å². The lowest BCUT2D eigenvalue weighted by molar-refractivity contribution is 0.222. The fraction of sp³-hybridized carbons (Fsp3) is 0.211. The van der Waals surface area contributed by atoms with E-state index in [4.69, 9.17) is 9.15 Å². The summed E-state index contributed by atoms with van der Waals surface area (Å²) in [5.74, 6) is 0. The molecule has 6 nitrogen and oxygen atoms in total. The first kappa shape index (κ1) is 16.7. The molecule has 25 heavy (non-hydrogen) atoms. The van der Waals surface area contributed by atoms with Gasteiger partial charge in [-0.3, -0.25) is 9.78 Å². The third-order valence-corrected chi connectivity index (χ3v) is 3.84. The van der Waals surface area contributed by atoms with Gasteiger partial charge >= 0.3 is 11.6 Å². The predicted molar refractivity (Wildman–Crippen MR) is 94.9 cm³/mol. The zero-order valence-corrected chi connectivity index (χ0v) is 14.0. The minimum absolute atomic E-state index is 0.0224. The topological polar surface area (TPSA) is 85.2 Å². The minimum atomic E-state index is -0.548. The highest BCUT2D eigenvalue weighted by atomic mass is 16.5. The van der Waals surface area contributed by atoms with Gasteiger partial charge in [-0.15, -0.1) is 0 Å². The van der Waals surface area contributed by atoms with Gasteiger partial charge < -0.3 is 9.15 Å². The first-order valence-corrected chi connectivity index (χ1v) is 7.93. The summed E-state index contributed by atoms with van der Waals surface area (Å²) in [6.45, 7) is 7.61. The van der Waals surface area contributed by atoms with Crippen molar-refractivity contribution < 1.29 is 9.15 Å². The smallest absolute Gasteiger partial charge is 0.337 e. The Hall–Kier alpha value is -3.15. The molecule has 0 saturated carbocycles. The summed E-state index contributed by atoms with van der Waals surface area (Å²) in [6, 6.07) is 10.7. The van der Waals surface area contributed by atoms with Crippen molar-refractivity contribution in [2.24, 2.45) is 0 Å². The number of H-pyrrole nitrogens is 1. The first-order valence-electron chi connectivity index (χ1n) is 7.93. The fourth-order valence-electron chi connectivity index (χ4n) is 2.66. The van der Waals surface area contributed by atoms with Crippen LogP contribution in [0.2, 0.25) is 0 Å². The Labute approximate surface area is 143 Å². The molecule has 2 heterocycles. The normalized spacial score (nSPS) is 12.1. The quantitative estimate of drug-likeness (QED) is 0.722. The Bertz CT molecular complexity index is 1030. The van der Waals surface area contributed by atoms with Crippen LogP contribution in [-0.4, -0.2) is 9.97 Å². The highest BCUT2D eigenvalue weighted by Crippen LogP contribution is 2.25. The lowest BCUT2D eigenvalue weighted by atomic mass is 10.0. The zero-order valence-electron chi connectivity index (χ0n) is 14.0. The molecule has 0 aliphatic rings. The lowest BCUT2D eigenvalue weighted by Gasteiger charge is -2.18. The summed E-state index contributed by atoms with van der Waals surface area (Å²) in [7, 11) is 0. The van der Waals surface area contributed by atoms with Crippen molar-refractivity contribution in [3.8, 4) is 6.01 Å². The third kappa shape index (κ3) is 3.38. The van der Waals surface area contributed by atoms with Gasteiger partial charge in [-0.25, -0.2) is 4.79 Å². The molecule has 3 aromatic rings. The molecule has 0 bridgehead atoms. The number of fused-ring (bicyclic) bond motifs is 1. The summed E-state index contributed by atoms with van der Waals surface area (Å²) < 4.78 is 10.9. The number of rotatable bonds is 5. The van der Waals surface area contributed by atoms with Gasteiger partial charge in [0.25, 0.3) is 5.56 Å². The van der Waals surface area contributed by atoms with E-state index in [0.29, 0.717) is 12.0 Å². The number of hydrogen-bond donors (Lipinski definition) is 1. The van der Waals surface area contributed by atoms with E-state index in [0.717, 1.165) is 11.1 Å². The van der Waals surface area contributed by atoms with Crippen LogP contribution < -0.4 is 15.9 Å². The van der Waals surface area contributed by atoms with Crippen LogP contribution in [0, 0.1) is 0 Å². The molecule has 0 spiro atoms. The van der Waals surface area contributed by atoms with E-state index in [-0.39, 0.29) is 17.1 Å². The number of nitrogens with one attached hydrogen (secondary N) is 1. The molecule has 0 amide bonds. The molecule has 0 saturated heterocycles. The second kappa shape index (κ2) is 6.76. The van der Waals surface area contributed by atoms with Crippen LogP contribution in [0.4, 0.5) is 0 Å². The molecule has 0 aliphatic carbocycles. The number of hydrogen-bond acceptors (Lipinski definition) is 5. The van der Waals surface area contributed by atoms with Crippen molar-refractivity contribution in [1.82, 2.24) is 9.97 Å². The second-order valence-corrected chi connectivity index (χ2v) is 5.75. The molecule has 1 N–H and O–H groups in total. The van der Waals surface area contributed by atoms with E-state index in [9.17, 15) is 9.59 Å². The van der Waals surface area contributed by atoms with Crippen LogP contribution in [0.25, 0.3) is 11.1 Å². The van der Waals surface area contributed by atoms with Gasteiger partial charge in [-0.1, -0.05) is 43.8 Å². The Morgan fingerprint density at radius 1 is 1.32 bits per heavy atom. The third-order valence-electron chi connectivity index (χ3n) is 3.84. The standard InChI is InChI=1S/C19H18N2O4/c1-4-12-10-14(22)24-18-15(12)17(23)20-19(21-18)25-16(11(2)3)13-8-6-5-7-9-13/h5-10,16H,2,4H2,1,3H3,(H,20,21,23)/t16-/m1/s1. The van der Waals surface area contributed by atoms with Crippen LogP contribution in [0.5, 0.6) is 6.01 Å². The van der Waals surface area contributed by atoms with Crippen molar-refractivity contribution in [3.63, 3.8) is 0 Å². The second-order valence-electron chi connectivity index (χ2n) is 5.75. The van der Waals surface area contributed by atoms with E-state index in [2.05, 4.69) is 16.5 Å². The van der Waals surface area contributed by atoms with E-state index in [1.807, 2.05) is 44.2 Å². The molecule has 2 aromatic heterocycles. The first-order chi connectivity index (χ1) is 12.0. The van der Waals surface area contributed by atoms with E-state index in [1.54, 1.807) is 0 Å². The number of ether oxygens (including phenoxy) is 1. The van der Waals surface area contributed by atoms with Gasteiger partial charge in [0.1, 0.15) is 11.5 Å². The molecule has 6 heteroatoms. The fourth-order valence-corrected chi connectivity index (χ4v) is 2.66. The highest BCUT2D eigenvalue weighted by molar-refractivity contribution is 5.75. The van der Waals surface area contributed by atoms with Crippen molar-refractivity contribution in [1.29, 1.82) is 0 Å². The molecular weight excluding hydrogens is 320 g/mol. The number of aromatic amines is 1. The van der Waals surface area contributed by atoms with Gasteiger partial charge in [0.2, 0.25) is 5.71 Å². The average molecular weight is 338 g/mol. The van der Waals surface area contributed by atoms with Crippen LogP contribution in [-0.2, 0) is 6.42 Å². The molecule has 128 valence electrons. The Morgan fingerprint density at radius 3 is 2.68 bits per heavy atom. The molecule has 1 aromatic carbocycles. The van der Waals surface area contributed by atoms with Crippen molar-refractivity contribution in [2.75, 3.05) is 0 Å². The summed E-state index contributed by atoms with van der Waals surface area (Å²) in [6.07, 6.45) is 0.0359. The average Bonchev–Trinajstić information content (AvgIpc) is 2.59. The largest absolute Gasteiger partial charge is 0.452 e. The van der Waals surface area contributed by atoms with Crippen LogP contribution >= 0.6 is 0 Å². The van der Waals surface area contributed by atoms with E-state index >= 15 is 0 Å². The van der Waals surface area contributed by atoms with Gasteiger partial charge in [-0.2, -0.15) is 4.98 Å². The van der Waals surface area contributed by atoms with Crippen molar-refractivity contribution in [2.45, 2.75) is 26.4 Å². The number of aryl methyl sites for hydroxylation is 1. The molecule has 0 fully saturated rings. The SMILES string of the molecule is C=C(C)[C@@H](Oc1nc2oc(=O)cc(CC)c2c(=O)[nH]1)c1ccccc1. The van der Waals surface area contributed by atoms with Crippen LogP contribution in [0.1, 0.15) is 31.1 Å². The molecule has 0 unspecified atom stereocenters. The summed E-state index contributed by atoms with van der Waals surface area (Å²) in [5.41, 5.74) is 1.23. The zero-order chi connectivity index (χ0) is 18.0. The number of benzene rings is 1. The number of aromatic nitrogens is 2. The molecule has 0 radical (unpaired) electrons. The monoisotopic (exact) mass is 338 g/mol. The van der Waals surface area contributed by atoms with Gasteiger partial charge in [0.15, 0.2) is 0 Å². The maximum atomic E-state index is 12.4. The summed E-state index contributed by atoms with van der Waals surface area (Å²) in [4.78, 5) is 30.9. The highest BCUT2D eigenvalue weighted by Gasteiger charge is 2.18. The summed E-state index contributed by atoms with van der Waals surface area (Å²) in [5, 5.41) is 0.265. The molecule has 3 rings (SSSR count).